The van der Waals surface area contributed by atoms with Gasteiger partial charge in [0.05, 0.1) is 12.2 Å². The van der Waals surface area contributed by atoms with Crippen molar-refractivity contribution in [2.75, 3.05) is 13.2 Å². The first-order chi connectivity index (χ1) is 17.1. The summed E-state index contributed by atoms with van der Waals surface area (Å²) >= 11 is 0. The van der Waals surface area contributed by atoms with Crippen molar-refractivity contribution in [3.63, 3.8) is 0 Å². The highest BCUT2D eigenvalue weighted by atomic mass is 19.1. The number of carbonyl (C=O) groups is 1. The third-order valence-corrected chi connectivity index (χ3v) is 5.94. The zero-order chi connectivity index (χ0) is 25.1. The molecule has 1 atom stereocenters. The Morgan fingerprint density at radius 1 is 0.686 bits per heavy atom. The summed E-state index contributed by atoms with van der Waals surface area (Å²) in [5, 5.41) is 0. The lowest BCUT2D eigenvalue weighted by Gasteiger charge is -2.11. The quantitative estimate of drug-likeness (QED) is 0.113. The number of benzene rings is 2. The Hall–Kier alpha value is -2.56. The average molecular weight is 487 g/mol. The Labute approximate surface area is 211 Å². The second-order valence-corrected chi connectivity index (χ2v) is 9.11. The van der Waals surface area contributed by atoms with Gasteiger partial charge in [-0.25, -0.2) is 9.18 Å². The van der Waals surface area contributed by atoms with Crippen molar-refractivity contribution in [1.29, 1.82) is 0 Å². The van der Waals surface area contributed by atoms with Crippen LogP contribution in [-0.2, 0) is 0 Å². The lowest BCUT2D eigenvalue weighted by atomic mass is 10.1. The molecule has 0 fully saturated rings. The van der Waals surface area contributed by atoms with Crippen molar-refractivity contribution in [3.8, 4) is 17.2 Å². The molecule has 1 unspecified atom stereocenters. The highest BCUT2D eigenvalue weighted by Crippen LogP contribution is 2.20. The first-order valence-electron chi connectivity index (χ1n) is 13.4. The highest BCUT2D eigenvalue weighted by Gasteiger charge is 2.11. The molecule has 194 valence electrons. The number of ether oxygens (including phenoxy) is 3. The van der Waals surface area contributed by atoms with Gasteiger partial charge in [0.2, 0.25) is 0 Å². The van der Waals surface area contributed by atoms with Crippen molar-refractivity contribution in [2.24, 2.45) is 0 Å². The summed E-state index contributed by atoms with van der Waals surface area (Å²) in [7, 11) is 0. The Morgan fingerprint density at radius 3 is 1.83 bits per heavy atom. The molecule has 2 aromatic rings. The van der Waals surface area contributed by atoms with Crippen LogP contribution in [0.5, 0.6) is 17.2 Å². The molecule has 4 nitrogen and oxygen atoms in total. The van der Waals surface area contributed by atoms with Crippen LogP contribution in [-0.4, -0.2) is 25.4 Å². The number of halogens is 1. The Balaban J connectivity index is 1.62. The number of carbonyl (C=O) groups excluding carboxylic acids is 1. The van der Waals surface area contributed by atoms with Crippen LogP contribution in [0.1, 0.15) is 101 Å². The fraction of sp³-hybridized carbons (Fsp3) is 0.567. The van der Waals surface area contributed by atoms with E-state index < -0.39 is 12.1 Å². The van der Waals surface area contributed by atoms with Crippen LogP contribution >= 0.6 is 0 Å². The molecule has 35 heavy (non-hydrogen) atoms. The van der Waals surface area contributed by atoms with Gasteiger partial charge in [0.15, 0.2) is 0 Å². The van der Waals surface area contributed by atoms with E-state index in [2.05, 4.69) is 13.8 Å². The predicted octanol–water partition coefficient (Wildman–Crippen LogP) is 8.72. The number of rotatable bonds is 19. The third kappa shape index (κ3) is 12.6. The number of alkyl halides is 1. The molecule has 0 saturated heterocycles. The van der Waals surface area contributed by atoms with Crippen LogP contribution in [0.3, 0.4) is 0 Å². The first kappa shape index (κ1) is 28.7. The van der Waals surface area contributed by atoms with E-state index in [0.717, 1.165) is 31.4 Å². The SMILES string of the molecule is CCCCCCCCCCCC(F)COc1ccc(C(=O)Oc2ccc(OCCCC)cc2)cc1. The van der Waals surface area contributed by atoms with Gasteiger partial charge >= 0.3 is 5.97 Å². The lowest BCUT2D eigenvalue weighted by molar-refractivity contribution is 0.0734. The van der Waals surface area contributed by atoms with Gasteiger partial charge in [-0.05, 0) is 61.4 Å². The maximum absolute atomic E-state index is 14.2. The Kier molecular flexibility index (Phi) is 14.6. The number of hydrogen-bond acceptors (Lipinski definition) is 4. The van der Waals surface area contributed by atoms with E-state index in [0.29, 0.717) is 30.1 Å². The molecule has 0 heterocycles. The van der Waals surface area contributed by atoms with E-state index in [9.17, 15) is 9.18 Å². The van der Waals surface area contributed by atoms with E-state index in [1.807, 2.05) is 0 Å². The number of hydrogen-bond donors (Lipinski definition) is 0. The normalized spacial score (nSPS) is 11.7. The van der Waals surface area contributed by atoms with Crippen LogP contribution in [0.4, 0.5) is 4.39 Å². The molecular weight excluding hydrogens is 443 g/mol. The topological polar surface area (TPSA) is 44.8 Å². The monoisotopic (exact) mass is 486 g/mol. The van der Waals surface area contributed by atoms with Gasteiger partial charge in [0.1, 0.15) is 30.0 Å². The van der Waals surface area contributed by atoms with Crippen LogP contribution in [0.2, 0.25) is 0 Å². The standard InChI is InChI=1S/C30H43FO4/c1-3-5-7-8-9-10-11-12-13-14-26(31)24-34-28-17-15-25(16-18-28)30(32)35-29-21-19-27(20-22-29)33-23-6-4-2/h15-22,26H,3-14,23-24H2,1-2H3. The van der Waals surface area contributed by atoms with Crippen LogP contribution < -0.4 is 14.2 Å². The van der Waals surface area contributed by atoms with Crippen molar-refractivity contribution in [2.45, 2.75) is 97.1 Å². The summed E-state index contributed by atoms with van der Waals surface area (Å²) in [5.74, 6) is 1.30. The van der Waals surface area contributed by atoms with Gasteiger partial charge < -0.3 is 14.2 Å². The van der Waals surface area contributed by atoms with Crippen LogP contribution in [0.15, 0.2) is 48.5 Å². The minimum atomic E-state index is -0.974. The summed E-state index contributed by atoms with van der Waals surface area (Å²) in [6.45, 7) is 5.05. The molecule has 2 rings (SSSR count). The van der Waals surface area contributed by atoms with Crippen molar-refractivity contribution >= 4 is 5.97 Å². The number of unbranched alkanes of at least 4 members (excludes halogenated alkanes) is 9. The molecule has 0 spiro atoms. The second-order valence-electron chi connectivity index (χ2n) is 9.11. The summed E-state index contributed by atoms with van der Waals surface area (Å²) in [5.41, 5.74) is 0.409. The molecule has 0 aliphatic heterocycles. The molecule has 2 aromatic carbocycles. The molecule has 0 N–H and O–H groups in total. The largest absolute Gasteiger partial charge is 0.494 e. The maximum atomic E-state index is 14.2. The molecule has 5 heteroatoms. The second kappa shape index (κ2) is 17.8. The molecule has 0 bridgehead atoms. The van der Waals surface area contributed by atoms with E-state index in [1.54, 1.807) is 48.5 Å². The Morgan fingerprint density at radius 2 is 1.20 bits per heavy atom. The van der Waals surface area contributed by atoms with Gasteiger partial charge in [-0.3, -0.25) is 0 Å². The maximum Gasteiger partial charge on any atom is 0.343 e. The van der Waals surface area contributed by atoms with E-state index in [1.165, 1.54) is 44.9 Å². The summed E-state index contributed by atoms with van der Waals surface area (Å²) in [4.78, 5) is 12.4. The minimum Gasteiger partial charge on any atom is -0.494 e. The van der Waals surface area contributed by atoms with Crippen molar-refractivity contribution in [3.05, 3.63) is 54.1 Å². The minimum absolute atomic E-state index is 0.0352. The molecule has 0 aromatic heterocycles. The van der Waals surface area contributed by atoms with Gasteiger partial charge in [-0.1, -0.05) is 78.1 Å². The number of esters is 1. The van der Waals surface area contributed by atoms with E-state index in [4.69, 9.17) is 14.2 Å². The summed E-state index contributed by atoms with van der Waals surface area (Å²) in [6.07, 6.45) is 12.6. The molecular formula is C30H43FO4. The third-order valence-electron chi connectivity index (χ3n) is 5.94. The molecule has 0 aliphatic rings. The summed E-state index contributed by atoms with van der Waals surface area (Å²) < 4.78 is 30.8. The van der Waals surface area contributed by atoms with Gasteiger partial charge in [-0.2, -0.15) is 0 Å². The fourth-order valence-electron chi connectivity index (χ4n) is 3.74. The summed E-state index contributed by atoms with van der Waals surface area (Å²) in [6, 6.07) is 13.6. The van der Waals surface area contributed by atoms with E-state index in [-0.39, 0.29) is 6.61 Å². The molecule has 0 saturated carbocycles. The van der Waals surface area contributed by atoms with Gasteiger partial charge in [0.25, 0.3) is 0 Å². The van der Waals surface area contributed by atoms with Crippen molar-refractivity contribution in [1.82, 2.24) is 0 Å². The smallest absolute Gasteiger partial charge is 0.343 e. The van der Waals surface area contributed by atoms with Crippen LogP contribution in [0, 0.1) is 0 Å². The highest BCUT2D eigenvalue weighted by molar-refractivity contribution is 5.91. The molecule has 0 amide bonds. The predicted molar refractivity (Wildman–Crippen MR) is 140 cm³/mol. The molecule has 0 radical (unpaired) electrons. The lowest BCUT2D eigenvalue weighted by Crippen LogP contribution is -2.13. The first-order valence-corrected chi connectivity index (χ1v) is 13.4. The van der Waals surface area contributed by atoms with E-state index >= 15 is 0 Å². The van der Waals surface area contributed by atoms with Crippen molar-refractivity contribution < 1.29 is 23.4 Å². The zero-order valence-corrected chi connectivity index (χ0v) is 21.6. The zero-order valence-electron chi connectivity index (χ0n) is 21.6. The van der Waals surface area contributed by atoms with Gasteiger partial charge in [0, 0.05) is 0 Å². The average Bonchev–Trinajstić information content (AvgIpc) is 2.88. The Bertz CT molecular complexity index is 804. The van der Waals surface area contributed by atoms with Crippen LogP contribution in [0.25, 0.3) is 0 Å². The van der Waals surface area contributed by atoms with Gasteiger partial charge in [-0.15, -0.1) is 0 Å². The fourth-order valence-corrected chi connectivity index (χ4v) is 3.74. The molecule has 0 aliphatic carbocycles.